The van der Waals surface area contributed by atoms with Gasteiger partial charge in [0.2, 0.25) is 5.91 Å². The first-order valence-electron chi connectivity index (χ1n) is 5.48. The Morgan fingerprint density at radius 2 is 2.00 bits per heavy atom. The first-order valence-corrected chi connectivity index (χ1v) is 6.60. The van der Waals surface area contributed by atoms with Gasteiger partial charge in [0.25, 0.3) is 0 Å². The summed E-state index contributed by atoms with van der Waals surface area (Å²) in [4.78, 5) is 11.2. The van der Waals surface area contributed by atoms with Gasteiger partial charge in [0.15, 0.2) is 0 Å². The lowest BCUT2D eigenvalue weighted by Crippen LogP contribution is -2.25. The quantitative estimate of drug-likeness (QED) is 0.784. The van der Waals surface area contributed by atoms with Crippen molar-refractivity contribution < 1.29 is 18.3 Å². The van der Waals surface area contributed by atoms with E-state index in [1.165, 1.54) is 12.1 Å². The van der Waals surface area contributed by atoms with Gasteiger partial charge in [-0.2, -0.15) is 8.78 Å². The molecule has 0 spiro atoms. The van der Waals surface area contributed by atoms with E-state index in [9.17, 15) is 13.6 Å². The number of halogens is 3. The second kappa shape index (κ2) is 8.02. The number of amides is 1. The van der Waals surface area contributed by atoms with Gasteiger partial charge >= 0.3 is 6.61 Å². The average Bonchev–Trinajstić information content (AvgIpc) is 2.31. The maximum Gasteiger partial charge on any atom is 0.387 e. The number of benzene rings is 1. The minimum absolute atomic E-state index is 0.00970. The molecule has 18 heavy (non-hydrogen) atoms. The molecule has 3 nitrogen and oxygen atoms in total. The van der Waals surface area contributed by atoms with Gasteiger partial charge in [-0.05, 0) is 24.1 Å². The Labute approximate surface area is 113 Å². The first-order chi connectivity index (χ1) is 8.61. The Morgan fingerprint density at radius 1 is 1.33 bits per heavy atom. The van der Waals surface area contributed by atoms with Crippen LogP contribution in [0, 0.1) is 0 Å². The smallest absolute Gasteiger partial charge is 0.387 e. The number of ether oxygens (including phenoxy) is 1. The molecule has 0 bridgehead atoms. The summed E-state index contributed by atoms with van der Waals surface area (Å²) in [7, 11) is 0. The summed E-state index contributed by atoms with van der Waals surface area (Å²) >= 11 is 3.18. The molecule has 6 heteroatoms. The van der Waals surface area contributed by atoms with Gasteiger partial charge in [0.05, 0.1) is 0 Å². The Balaban J connectivity index is 2.33. The van der Waals surface area contributed by atoms with E-state index < -0.39 is 6.61 Å². The first kappa shape index (κ1) is 14.9. The zero-order valence-corrected chi connectivity index (χ0v) is 11.3. The van der Waals surface area contributed by atoms with Crippen LogP contribution in [0.5, 0.6) is 5.75 Å². The molecule has 1 N–H and O–H groups in total. The van der Waals surface area contributed by atoms with Crippen LogP contribution in [0.25, 0.3) is 0 Å². The lowest BCUT2D eigenvalue weighted by molar-refractivity contribution is -0.120. The van der Waals surface area contributed by atoms with E-state index in [0.29, 0.717) is 24.7 Å². The van der Waals surface area contributed by atoms with E-state index in [1.807, 2.05) is 0 Å². The molecule has 0 aromatic heterocycles. The molecule has 1 amide bonds. The van der Waals surface area contributed by atoms with E-state index in [-0.39, 0.29) is 11.7 Å². The second-order valence-corrected chi connectivity index (χ2v) is 4.35. The number of carbonyl (C=O) groups excluding carboxylic acids is 1. The number of carbonyl (C=O) groups is 1. The lowest BCUT2D eigenvalue weighted by atomic mass is 10.1. The number of hydrogen-bond acceptors (Lipinski definition) is 2. The molecule has 0 heterocycles. The van der Waals surface area contributed by atoms with E-state index in [2.05, 4.69) is 26.0 Å². The predicted octanol–water partition coefficient (Wildman–Crippen LogP) is 2.73. The molecule has 1 aromatic carbocycles. The maximum absolute atomic E-state index is 11.9. The van der Waals surface area contributed by atoms with Gasteiger partial charge in [0.1, 0.15) is 5.75 Å². The van der Waals surface area contributed by atoms with Gasteiger partial charge in [-0.1, -0.05) is 28.1 Å². The minimum atomic E-state index is -2.81. The highest BCUT2D eigenvalue weighted by Crippen LogP contribution is 2.14. The summed E-state index contributed by atoms with van der Waals surface area (Å²) in [5, 5.41) is 3.40. The van der Waals surface area contributed by atoms with Crippen LogP contribution in [-0.4, -0.2) is 24.4 Å². The molecular weight excluding hydrogens is 308 g/mol. The minimum Gasteiger partial charge on any atom is -0.435 e. The van der Waals surface area contributed by atoms with Crippen LogP contribution in [0.3, 0.4) is 0 Å². The van der Waals surface area contributed by atoms with Crippen molar-refractivity contribution in [3.63, 3.8) is 0 Å². The fraction of sp³-hybridized carbons (Fsp3) is 0.417. The van der Waals surface area contributed by atoms with Crippen LogP contribution in [-0.2, 0) is 11.2 Å². The molecule has 0 saturated heterocycles. The van der Waals surface area contributed by atoms with Crippen molar-refractivity contribution in [1.29, 1.82) is 0 Å². The summed E-state index contributed by atoms with van der Waals surface area (Å²) < 4.78 is 28.1. The fourth-order valence-electron chi connectivity index (χ4n) is 1.36. The molecule has 0 radical (unpaired) electrons. The third-order valence-corrected chi connectivity index (χ3v) is 2.60. The molecule has 0 unspecified atom stereocenters. The van der Waals surface area contributed by atoms with E-state index in [1.54, 1.807) is 12.1 Å². The van der Waals surface area contributed by atoms with Crippen molar-refractivity contribution in [3.8, 4) is 5.75 Å². The summed E-state index contributed by atoms with van der Waals surface area (Å²) in [6.45, 7) is -2.28. The van der Waals surface area contributed by atoms with Crippen molar-refractivity contribution >= 4 is 21.8 Å². The van der Waals surface area contributed by atoms with Crippen LogP contribution < -0.4 is 10.1 Å². The third kappa shape index (κ3) is 5.95. The molecule has 1 rings (SSSR count). The van der Waals surface area contributed by atoms with Crippen LogP contribution >= 0.6 is 15.9 Å². The number of alkyl halides is 3. The molecule has 0 aliphatic rings. The molecule has 0 aliphatic carbocycles. The average molecular weight is 322 g/mol. The maximum atomic E-state index is 11.9. The zero-order chi connectivity index (χ0) is 13.4. The van der Waals surface area contributed by atoms with Gasteiger partial charge in [-0.3, -0.25) is 4.79 Å². The van der Waals surface area contributed by atoms with Crippen molar-refractivity contribution in [2.45, 2.75) is 19.5 Å². The zero-order valence-electron chi connectivity index (χ0n) is 9.67. The number of hydrogen-bond donors (Lipinski definition) is 1. The van der Waals surface area contributed by atoms with Gasteiger partial charge in [0, 0.05) is 18.3 Å². The molecular formula is C12H14BrF2NO2. The summed E-state index contributed by atoms with van der Waals surface area (Å²) in [6, 6.07) is 6.38. The van der Waals surface area contributed by atoms with E-state index in [0.717, 1.165) is 5.56 Å². The van der Waals surface area contributed by atoms with E-state index in [4.69, 9.17) is 0 Å². The number of rotatable bonds is 7. The van der Waals surface area contributed by atoms with Crippen LogP contribution in [0.4, 0.5) is 8.78 Å². The highest BCUT2D eigenvalue weighted by molar-refractivity contribution is 9.09. The van der Waals surface area contributed by atoms with Crippen molar-refractivity contribution in [2.75, 3.05) is 11.9 Å². The van der Waals surface area contributed by atoms with Crippen molar-refractivity contribution in [3.05, 3.63) is 29.8 Å². The molecule has 1 aromatic rings. The fourth-order valence-corrected chi connectivity index (χ4v) is 1.72. The van der Waals surface area contributed by atoms with Crippen molar-refractivity contribution in [2.24, 2.45) is 0 Å². The highest BCUT2D eigenvalue weighted by atomic mass is 79.9. The van der Waals surface area contributed by atoms with Crippen LogP contribution in [0.1, 0.15) is 12.0 Å². The van der Waals surface area contributed by atoms with E-state index >= 15 is 0 Å². The Morgan fingerprint density at radius 3 is 2.56 bits per heavy atom. The largest absolute Gasteiger partial charge is 0.435 e. The lowest BCUT2D eigenvalue weighted by Gasteiger charge is -2.06. The van der Waals surface area contributed by atoms with Gasteiger partial charge in [-0.15, -0.1) is 0 Å². The monoisotopic (exact) mass is 321 g/mol. The second-order valence-electron chi connectivity index (χ2n) is 3.56. The van der Waals surface area contributed by atoms with Gasteiger partial charge in [-0.25, -0.2) is 0 Å². The molecule has 0 aliphatic heterocycles. The Kier molecular flexibility index (Phi) is 6.64. The Hall–Kier alpha value is -1.17. The van der Waals surface area contributed by atoms with Crippen molar-refractivity contribution in [1.82, 2.24) is 5.32 Å². The third-order valence-electron chi connectivity index (χ3n) is 2.21. The molecule has 0 atom stereocenters. The summed E-state index contributed by atoms with van der Waals surface area (Å²) in [5.41, 5.74) is 0.954. The topological polar surface area (TPSA) is 38.3 Å². The summed E-state index contributed by atoms with van der Waals surface area (Å²) in [6.07, 6.45) is 1.10. The normalized spacial score (nSPS) is 10.4. The number of nitrogens with one attached hydrogen (secondary N) is 1. The highest BCUT2D eigenvalue weighted by Gasteiger charge is 2.04. The molecule has 100 valence electrons. The van der Waals surface area contributed by atoms with Gasteiger partial charge < -0.3 is 10.1 Å². The molecule has 0 saturated carbocycles. The Bertz CT molecular complexity index is 371. The summed E-state index contributed by atoms with van der Waals surface area (Å²) in [5.74, 6) is 0.126. The standard InChI is InChI=1S/C12H14BrF2NO2/c13-7-5-11(17)16-8-6-9-1-3-10(4-2-9)18-12(14)15/h1-4,12H,5-8H2,(H,16,17). The predicted molar refractivity (Wildman–Crippen MR) is 68.2 cm³/mol. The SMILES string of the molecule is O=C(CCBr)NCCc1ccc(OC(F)F)cc1. The van der Waals surface area contributed by atoms with Crippen LogP contribution in [0.2, 0.25) is 0 Å². The van der Waals surface area contributed by atoms with Crippen LogP contribution in [0.15, 0.2) is 24.3 Å². The molecule has 0 fully saturated rings.